The summed E-state index contributed by atoms with van der Waals surface area (Å²) in [6.07, 6.45) is 4.37. The first-order chi connectivity index (χ1) is 11.4. The minimum absolute atomic E-state index is 0.113. The Balaban J connectivity index is 1.67. The van der Waals surface area contributed by atoms with E-state index in [4.69, 9.17) is 0 Å². The molecule has 1 amide bonds. The molecule has 1 saturated carbocycles. The zero-order valence-electron chi connectivity index (χ0n) is 12.8. The monoisotopic (exact) mass is 428 g/mol. The third-order valence-corrected chi connectivity index (χ3v) is 7.40. The van der Waals surface area contributed by atoms with Crippen molar-refractivity contribution in [2.24, 2.45) is 0 Å². The number of hydrogen-bond acceptors (Lipinski definition) is 4. The van der Waals surface area contributed by atoms with E-state index < -0.39 is 10.0 Å². The van der Waals surface area contributed by atoms with E-state index in [1.54, 1.807) is 36.4 Å². The number of benzene rings is 1. The van der Waals surface area contributed by atoms with Crippen molar-refractivity contribution in [3.8, 4) is 0 Å². The van der Waals surface area contributed by atoms with Crippen molar-refractivity contribution in [3.05, 3.63) is 45.7 Å². The molecule has 0 radical (unpaired) electrons. The van der Waals surface area contributed by atoms with E-state index in [-0.39, 0.29) is 16.2 Å². The van der Waals surface area contributed by atoms with Gasteiger partial charge in [-0.05, 0) is 65.2 Å². The second-order valence-corrected chi connectivity index (χ2v) is 10.1. The van der Waals surface area contributed by atoms with Crippen LogP contribution in [-0.2, 0) is 10.0 Å². The van der Waals surface area contributed by atoms with Crippen LogP contribution in [0, 0.1) is 0 Å². The second-order valence-electron chi connectivity index (χ2n) is 5.70. The number of carbonyl (C=O) groups is 1. The summed E-state index contributed by atoms with van der Waals surface area (Å²) in [4.78, 5) is 12.2. The Labute approximate surface area is 153 Å². The third kappa shape index (κ3) is 4.17. The van der Waals surface area contributed by atoms with Crippen LogP contribution in [0.5, 0.6) is 0 Å². The number of anilines is 1. The molecule has 0 spiro atoms. The van der Waals surface area contributed by atoms with Crippen LogP contribution in [0.15, 0.2) is 44.4 Å². The maximum atomic E-state index is 12.3. The van der Waals surface area contributed by atoms with Crippen LogP contribution < -0.4 is 10.0 Å². The lowest BCUT2D eigenvalue weighted by Crippen LogP contribution is -2.32. The SMILES string of the molecule is O=C(NC1CCCC1)c1ccc(NS(=O)(=O)c2ccc(Br)s2)cc1. The highest BCUT2D eigenvalue weighted by molar-refractivity contribution is 9.11. The number of thiophene rings is 1. The molecule has 24 heavy (non-hydrogen) atoms. The molecule has 128 valence electrons. The summed E-state index contributed by atoms with van der Waals surface area (Å²) in [5.74, 6) is -0.113. The van der Waals surface area contributed by atoms with E-state index in [0.29, 0.717) is 11.3 Å². The Morgan fingerprint density at radius 1 is 1.08 bits per heavy atom. The number of amides is 1. The van der Waals surface area contributed by atoms with Crippen molar-refractivity contribution in [2.75, 3.05) is 4.72 Å². The summed E-state index contributed by atoms with van der Waals surface area (Å²) in [6, 6.07) is 9.95. The highest BCUT2D eigenvalue weighted by atomic mass is 79.9. The third-order valence-electron chi connectivity index (χ3n) is 3.90. The maximum absolute atomic E-state index is 12.3. The van der Waals surface area contributed by atoms with Crippen LogP contribution >= 0.6 is 27.3 Å². The fourth-order valence-electron chi connectivity index (χ4n) is 2.68. The van der Waals surface area contributed by atoms with Gasteiger partial charge in [0.1, 0.15) is 4.21 Å². The van der Waals surface area contributed by atoms with Gasteiger partial charge in [0.15, 0.2) is 0 Å². The molecular weight excluding hydrogens is 412 g/mol. The Hall–Kier alpha value is -1.38. The predicted octanol–water partition coefficient (Wildman–Crippen LogP) is 3.98. The lowest BCUT2D eigenvalue weighted by molar-refractivity contribution is 0.0938. The Bertz CT molecular complexity index is 825. The quantitative estimate of drug-likeness (QED) is 0.755. The van der Waals surface area contributed by atoms with E-state index in [1.807, 2.05) is 0 Å². The Kier molecular flexibility index (Phi) is 5.27. The van der Waals surface area contributed by atoms with Gasteiger partial charge in [-0.1, -0.05) is 12.8 Å². The van der Waals surface area contributed by atoms with Gasteiger partial charge in [-0.2, -0.15) is 0 Å². The zero-order chi connectivity index (χ0) is 17.2. The van der Waals surface area contributed by atoms with Crippen molar-refractivity contribution in [3.63, 3.8) is 0 Å². The van der Waals surface area contributed by atoms with Gasteiger partial charge in [-0.15, -0.1) is 11.3 Å². The number of sulfonamides is 1. The number of carbonyl (C=O) groups excluding carboxylic acids is 1. The lowest BCUT2D eigenvalue weighted by atomic mass is 10.1. The first-order valence-corrected chi connectivity index (χ1v) is 10.7. The van der Waals surface area contributed by atoms with Crippen molar-refractivity contribution < 1.29 is 13.2 Å². The summed E-state index contributed by atoms with van der Waals surface area (Å²) in [5, 5.41) is 3.01. The van der Waals surface area contributed by atoms with Crippen LogP contribution in [0.25, 0.3) is 0 Å². The minimum atomic E-state index is -3.61. The zero-order valence-corrected chi connectivity index (χ0v) is 16.0. The van der Waals surface area contributed by atoms with Gasteiger partial charge in [0.05, 0.1) is 3.79 Å². The van der Waals surface area contributed by atoms with Crippen LogP contribution in [0.3, 0.4) is 0 Å². The summed E-state index contributed by atoms with van der Waals surface area (Å²) < 4.78 is 28.0. The van der Waals surface area contributed by atoms with Gasteiger partial charge < -0.3 is 5.32 Å². The molecule has 0 unspecified atom stereocenters. The largest absolute Gasteiger partial charge is 0.349 e. The average Bonchev–Trinajstić information content (AvgIpc) is 3.19. The molecule has 5 nitrogen and oxygen atoms in total. The molecule has 0 aliphatic heterocycles. The van der Waals surface area contributed by atoms with Gasteiger partial charge in [-0.25, -0.2) is 8.42 Å². The smallest absolute Gasteiger partial charge is 0.271 e. The second kappa shape index (κ2) is 7.25. The molecule has 0 atom stereocenters. The molecule has 1 aromatic heterocycles. The van der Waals surface area contributed by atoms with E-state index >= 15 is 0 Å². The van der Waals surface area contributed by atoms with Crippen molar-refractivity contribution in [1.82, 2.24) is 5.32 Å². The minimum Gasteiger partial charge on any atom is -0.349 e. The van der Waals surface area contributed by atoms with Crippen LogP contribution in [-0.4, -0.2) is 20.4 Å². The summed E-state index contributed by atoms with van der Waals surface area (Å²) in [5.41, 5.74) is 0.959. The first kappa shape index (κ1) is 17.4. The van der Waals surface area contributed by atoms with Gasteiger partial charge in [-0.3, -0.25) is 9.52 Å². The molecule has 2 N–H and O–H groups in total. The molecule has 1 aliphatic rings. The molecule has 2 aromatic rings. The average molecular weight is 429 g/mol. The number of rotatable bonds is 5. The van der Waals surface area contributed by atoms with Crippen molar-refractivity contribution in [2.45, 2.75) is 35.9 Å². The van der Waals surface area contributed by atoms with E-state index in [2.05, 4.69) is 26.0 Å². The molecule has 1 aromatic carbocycles. The van der Waals surface area contributed by atoms with Gasteiger partial charge >= 0.3 is 0 Å². The number of halogens is 1. The highest BCUT2D eigenvalue weighted by Crippen LogP contribution is 2.27. The maximum Gasteiger partial charge on any atom is 0.271 e. The number of nitrogens with one attached hydrogen (secondary N) is 2. The first-order valence-electron chi connectivity index (χ1n) is 7.63. The van der Waals surface area contributed by atoms with E-state index in [0.717, 1.165) is 40.8 Å². The fraction of sp³-hybridized carbons (Fsp3) is 0.312. The molecule has 1 heterocycles. The normalized spacial score (nSPS) is 15.4. The van der Waals surface area contributed by atoms with Gasteiger partial charge in [0, 0.05) is 17.3 Å². The van der Waals surface area contributed by atoms with Gasteiger partial charge in [0.25, 0.3) is 15.9 Å². The summed E-state index contributed by atoms with van der Waals surface area (Å²) in [6.45, 7) is 0. The molecule has 8 heteroatoms. The van der Waals surface area contributed by atoms with Crippen molar-refractivity contribution >= 4 is 48.9 Å². The molecule has 1 fully saturated rings. The fourth-order valence-corrected chi connectivity index (χ4v) is 5.74. The van der Waals surface area contributed by atoms with Crippen molar-refractivity contribution in [1.29, 1.82) is 0 Å². The van der Waals surface area contributed by atoms with E-state index in [1.165, 1.54) is 0 Å². The van der Waals surface area contributed by atoms with Gasteiger partial charge in [0.2, 0.25) is 0 Å². The highest BCUT2D eigenvalue weighted by Gasteiger charge is 2.19. The lowest BCUT2D eigenvalue weighted by Gasteiger charge is -2.12. The number of hydrogen-bond donors (Lipinski definition) is 2. The Morgan fingerprint density at radius 3 is 2.33 bits per heavy atom. The predicted molar refractivity (Wildman–Crippen MR) is 99.0 cm³/mol. The van der Waals surface area contributed by atoms with Crippen LogP contribution in [0.2, 0.25) is 0 Å². The standard InChI is InChI=1S/C16H17BrN2O3S2/c17-14-9-10-15(23-14)24(21,22)19-13-7-5-11(6-8-13)16(20)18-12-3-1-2-4-12/h5-10,12,19H,1-4H2,(H,18,20). The summed E-state index contributed by atoms with van der Waals surface area (Å²) in [7, 11) is -3.61. The van der Waals surface area contributed by atoms with Crippen LogP contribution in [0.4, 0.5) is 5.69 Å². The van der Waals surface area contributed by atoms with Crippen LogP contribution in [0.1, 0.15) is 36.0 Å². The molecule has 0 bridgehead atoms. The van der Waals surface area contributed by atoms with E-state index in [9.17, 15) is 13.2 Å². The Morgan fingerprint density at radius 2 is 1.75 bits per heavy atom. The molecule has 3 rings (SSSR count). The molecule has 1 aliphatic carbocycles. The molecule has 0 saturated heterocycles. The molecular formula is C16H17BrN2O3S2. The summed E-state index contributed by atoms with van der Waals surface area (Å²) >= 11 is 4.39. The topological polar surface area (TPSA) is 75.3 Å².